The predicted octanol–water partition coefficient (Wildman–Crippen LogP) is 0.698. The predicted molar refractivity (Wildman–Crippen MR) is 61.0 cm³/mol. The van der Waals surface area contributed by atoms with E-state index in [1.165, 1.54) is 24.6 Å². The van der Waals surface area contributed by atoms with Crippen molar-refractivity contribution in [2.75, 3.05) is 0 Å². The Labute approximate surface area is 103 Å². The molecule has 0 amide bonds. The first-order chi connectivity index (χ1) is 8.49. The van der Waals surface area contributed by atoms with E-state index in [4.69, 9.17) is 4.74 Å². The molecular formula is C11H12N4O3. The van der Waals surface area contributed by atoms with Crippen molar-refractivity contribution in [2.45, 2.75) is 27.4 Å². The Balaban J connectivity index is 2.42. The number of Topliss-reactive ketones (excluding diaryl/α,β-unsaturated/α-hetero) is 1. The largest absolute Gasteiger partial charge is 0.458 e. The molecule has 0 fully saturated rings. The number of nitrogens with zero attached hydrogens (tertiary/aromatic N) is 4. The summed E-state index contributed by atoms with van der Waals surface area (Å²) in [5.74, 6) is 0.239. The second-order valence-electron chi connectivity index (χ2n) is 3.83. The van der Waals surface area contributed by atoms with Crippen molar-refractivity contribution in [1.82, 2.24) is 19.6 Å². The molecule has 0 aromatic carbocycles. The van der Waals surface area contributed by atoms with Gasteiger partial charge in [-0.1, -0.05) is 0 Å². The van der Waals surface area contributed by atoms with E-state index in [1.807, 2.05) is 0 Å². The van der Waals surface area contributed by atoms with Crippen LogP contribution >= 0.6 is 0 Å². The molecule has 0 unspecified atom stereocenters. The molecule has 0 radical (unpaired) electrons. The molecular weight excluding hydrogens is 236 g/mol. The summed E-state index contributed by atoms with van der Waals surface area (Å²) in [5, 5.41) is 4.14. The van der Waals surface area contributed by atoms with Gasteiger partial charge in [-0.25, -0.2) is 9.50 Å². The zero-order valence-corrected chi connectivity index (χ0v) is 10.3. The maximum Gasteiger partial charge on any atom is 0.303 e. The minimum Gasteiger partial charge on any atom is -0.458 e. The molecule has 7 heteroatoms. The topological polar surface area (TPSA) is 86.5 Å². The molecule has 2 aromatic rings. The Hall–Kier alpha value is -2.31. The highest BCUT2D eigenvalue weighted by Crippen LogP contribution is 2.09. The molecule has 0 spiro atoms. The van der Waals surface area contributed by atoms with Crippen LogP contribution in [-0.4, -0.2) is 31.3 Å². The number of fused-ring (bicyclic) bond motifs is 1. The number of ether oxygens (including phenoxy) is 1. The normalized spacial score (nSPS) is 10.6. The fourth-order valence-corrected chi connectivity index (χ4v) is 1.56. The lowest BCUT2D eigenvalue weighted by molar-refractivity contribution is -0.142. The Morgan fingerprint density at radius 3 is 2.72 bits per heavy atom. The van der Waals surface area contributed by atoms with Crippen molar-refractivity contribution < 1.29 is 14.3 Å². The summed E-state index contributed by atoms with van der Waals surface area (Å²) in [6, 6.07) is 0. The van der Waals surface area contributed by atoms with Crippen LogP contribution in [0.25, 0.3) is 5.78 Å². The van der Waals surface area contributed by atoms with Crippen molar-refractivity contribution in [3.05, 3.63) is 23.3 Å². The summed E-state index contributed by atoms with van der Waals surface area (Å²) < 4.78 is 6.27. The minimum atomic E-state index is -0.400. The molecule has 2 heterocycles. The van der Waals surface area contributed by atoms with Gasteiger partial charge in [0.2, 0.25) is 0 Å². The maximum atomic E-state index is 11.4. The number of carbonyl (C=O) groups is 2. The van der Waals surface area contributed by atoms with Gasteiger partial charge >= 0.3 is 5.97 Å². The average Bonchev–Trinajstić information content (AvgIpc) is 2.70. The van der Waals surface area contributed by atoms with Crippen LogP contribution in [-0.2, 0) is 16.1 Å². The molecule has 2 aromatic heterocycles. The second kappa shape index (κ2) is 4.52. The molecule has 0 N–H and O–H groups in total. The molecule has 2 rings (SSSR count). The van der Waals surface area contributed by atoms with Gasteiger partial charge in [-0.3, -0.25) is 9.59 Å². The van der Waals surface area contributed by atoms with Crippen LogP contribution in [0.5, 0.6) is 0 Å². The average molecular weight is 248 g/mol. The Kier molecular flexibility index (Phi) is 3.05. The van der Waals surface area contributed by atoms with Gasteiger partial charge < -0.3 is 4.74 Å². The van der Waals surface area contributed by atoms with E-state index < -0.39 is 5.97 Å². The zero-order valence-electron chi connectivity index (χ0n) is 10.3. The molecule has 0 aliphatic heterocycles. The summed E-state index contributed by atoms with van der Waals surface area (Å²) in [4.78, 5) is 30.2. The number of carbonyl (C=O) groups excluding carboxylic acids is 2. The van der Waals surface area contributed by atoms with Crippen LogP contribution in [0.1, 0.15) is 35.7 Å². The van der Waals surface area contributed by atoms with Crippen molar-refractivity contribution in [1.29, 1.82) is 0 Å². The molecule has 0 saturated heterocycles. The minimum absolute atomic E-state index is 0.00641. The summed E-state index contributed by atoms with van der Waals surface area (Å²) in [7, 11) is 0. The third-order valence-corrected chi connectivity index (χ3v) is 2.43. The fourth-order valence-electron chi connectivity index (χ4n) is 1.56. The van der Waals surface area contributed by atoms with E-state index in [0.29, 0.717) is 22.9 Å². The van der Waals surface area contributed by atoms with E-state index >= 15 is 0 Å². The highest BCUT2D eigenvalue weighted by molar-refractivity contribution is 5.94. The second-order valence-corrected chi connectivity index (χ2v) is 3.83. The maximum absolute atomic E-state index is 11.4. The van der Waals surface area contributed by atoms with Crippen LogP contribution < -0.4 is 0 Å². The van der Waals surface area contributed by atoms with E-state index in [1.54, 1.807) is 6.92 Å². The number of hydrogen-bond acceptors (Lipinski definition) is 6. The van der Waals surface area contributed by atoms with Crippen LogP contribution in [0.2, 0.25) is 0 Å². The van der Waals surface area contributed by atoms with Gasteiger partial charge in [0.15, 0.2) is 18.2 Å². The molecule has 0 atom stereocenters. The molecule has 0 saturated carbocycles. The quantitative estimate of drug-likeness (QED) is 0.587. The molecule has 0 aliphatic rings. The Morgan fingerprint density at radius 2 is 2.11 bits per heavy atom. The SMILES string of the molecule is CC(=O)OCc1nc2ncc(C(C)=O)c(C)n2n1. The lowest BCUT2D eigenvalue weighted by Gasteiger charge is -2.01. The molecule has 18 heavy (non-hydrogen) atoms. The van der Waals surface area contributed by atoms with Gasteiger partial charge in [0.1, 0.15) is 0 Å². The molecule has 7 nitrogen and oxygen atoms in total. The third-order valence-electron chi connectivity index (χ3n) is 2.43. The van der Waals surface area contributed by atoms with Gasteiger partial charge in [-0.05, 0) is 13.8 Å². The summed E-state index contributed by atoms with van der Waals surface area (Å²) >= 11 is 0. The van der Waals surface area contributed by atoms with E-state index in [0.717, 1.165) is 0 Å². The summed E-state index contributed by atoms with van der Waals surface area (Å²) in [6.07, 6.45) is 1.47. The summed E-state index contributed by atoms with van der Waals surface area (Å²) in [6.45, 7) is 4.53. The molecule has 0 aliphatic carbocycles. The van der Waals surface area contributed by atoms with Crippen LogP contribution in [0.4, 0.5) is 0 Å². The lowest BCUT2D eigenvalue weighted by atomic mass is 10.2. The first kappa shape index (κ1) is 12.2. The van der Waals surface area contributed by atoms with Gasteiger partial charge in [0.05, 0.1) is 11.3 Å². The number of rotatable bonds is 3. The highest BCUT2D eigenvalue weighted by atomic mass is 16.5. The van der Waals surface area contributed by atoms with Crippen molar-refractivity contribution in [3.63, 3.8) is 0 Å². The van der Waals surface area contributed by atoms with Gasteiger partial charge in [0.25, 0.3) is 5.78 Å². The van der Waals surface area contributed by atoms with Gasteiger partial charge in [0, 0.05) is 13.1 Å². The Morgan fingerprint density at radius 1 is 1.39 bits per heavy atom. The number of aryl methyl sites for hydroxylation is 1. The van der Waals surface area contributed by atoms with Gasteiger partial charge in [-0.2, -0.15) is 4.98 Å². The van der Waals surface area contributed by atoms with Crippen molar-refractivity contribution in [3.8, 4) is 0 Å². The number of aromatic nitrogens is 4. The van der Waals surface area contributed by atoms with E-state index in [-0.39, 0.29) is 12.4 Å². The number of esters is 1. The van der Waals surface area contributed by atoms with Gasteiger partial charge in [-0.15, -0.1) is 5.10 Å². The van der Waals surface area contributed by atoms with Crippen molar-refractivity contribution in [2.24, 2.45) is 0 Å². The van der Waals surface area contributed by atoms with E-state index in [2.05, 4.69) is 15.1 Å². The smallest absolute Gasteiger partial charge is 0.303 e. The third kappa shape index (κ3) is 2.20. The van der Waals surface area contributed by atoms with Crippen LogP contribution in [0.3, 0.4) is 0 Å². The highest BCUT2D eigenvalue weighted by Gasteiger charge is 2.12. The first-order valence-electron chi connectivity index (χ1n) is 5.34. The fraction of sp³-hybridized carbons (Fsp3) is 0.364. The van der Waals surface area contributed by atoms with Crippen LogP contribution in [0.15, 0.2) is 6.20 Å². The van der Waals surface area contributed by atoms with Crippen molar-refractivity contribution >= 4 is 17.5 Å². The first-order valence-corrected chi connectivity index (χ1v) is 5.34. The van der Waals surface area contributed by atoms with E-state index in [9.17, 15) is 9.59 Å². The summed E-state index contributed by atoms with van der Waals surface area (Å²) in [5.41, 5.74) is 1.15. The zero-order chi connectivity index (χ0) is 13.3. The Bertz CT molecular complexity index is 632. The standard InChI is InChI=1S/C11H12N4O3/c1-6-9(7(2)16)4-12-11-13-10(14-15(6)11)5-18-8(3)17/h4H,5H2,1-3H3. The lowest BCUT2D eigenvalue weighted by Crippen LogP contribution is -2.05. The number of hydrogen-bond donors (Lipinski definition) is 0. The molecule has 94 valence electrons. The molecule has 0 bridgehead atoms. The number of ketones is 1. The van der Waals surface area contributed by atoms with Crippen LogP contribution in [0, 0.1) is 6.92 Å². The monoisotopic (exact) mass is 248 g/mol.